The molecule has 0 aliphatic heterocycles. The Bertz CT molecular complexity index is 394. The maximum Gasteiger partial charge on any atom is 0.237 e. The number of nitrogens with one attached hydrogen (secondary N) is 1. The zero-order valence-electron chi connectivity index (χ0n) is 11.0. The molecule has 1 aromatic carbocycles. The molecule has 0 spiro atoms. The second-order valence-electron chi connectivity index (χ2n) is 5.47. The van der Waals surface area contributed by atoms with Crippen molar-refractivity contribution in [3.8, 4) is 0 Å². The topological polar surface area (TPSA) is 55.1 Å². The number of hydrogen-bond acceptors (Lipinski definition) is 2. The number of benzene rings is 1. The van der Waals surface area contributed by atoms with Crippen molar-refractivity contribution < 1.29 is 4.79 Å². The first kappa shape index (κ1) is 13.1. The van der Waals surface area contributed by atoms with Crippen LogP contribution in [0.2, 0.25) is 0 Å². The van der Waals surface area contributed by atoms with Crippen LogP contribution in [0.15, 0.2) is 30.3 Å². The Balaban J connectivity index is 2.01. The lowest BCUT2D eigenvalue weighted by atomic mass is 9.76. The number of amides is 1. The molecule has 3 heteroatoms. The van der Waals surface area contributed by atoms with Gasteiger partial charge in [0.25, 0.3) is 0 Å². The molecular formula is C15H22N2O. The van der Waals surface area contributed by atoms with Crippen molar-refractivity contribution in [2.75, 3.05) is 0 Å². The van der Waals surface area contributed by atoms with Gasteiger partial charge in [0.05, 0.1) is 5.54 Å². The first-order valence-electron chi connectivity index (χ1n) is 6.71. The maximum absolute atomic E-state index is 11.8. The van der Waals surface area contributed by atoms with Crippen LogP contribution in [0.5, 0.6) is 0 Å². The quantitative estimate of drug-likeness (QED) is 0.855. The van der Waals surface area contributed by atoms with Gasteiger partial charge < -0.3 is 5.73 Å². The van der Waals surface area contributed by atoms with E-state index in [1.807, 2.05) is 18.2 Å². The molecule has 1 amide bonds. The third kappa shape index (κ3) is 2.91. The van der Waals surface area contributed by atoms with E-state index in [2.05, 4.69) is 24.4 Å². The van der Waals surface area contributed by atoms with E-state index in [4.69, 9.17) is 5.73 Å². The summed E-state index contributed by atoms with van der Waals surface area (Å²) in [5.74, 6) is 0.501. The molecule has 2 rings (SSSR count). The van der Waals surface area contributed by atoms with Crippen LogP contribution in [-0.4, -0.2) is 11.4 Å². The van der Waals surface area contributed by atoms with Crippen LogP contribution in [0.25, 0.3) is 0 Å². The summed E-state index contributed by atoms with van der Waals surface area (Å²) in [6, 6.07) is 10.1. The Labute approximate surface area is 109 Å². The van der Waals surface area contributed by atoms with Gasteiger partial charge in [0.15, 0.2) is 0 Å². The third-order valence-electron chi connectivity index (χ3n) is 4.07. The molecule has 18 heavy (non-hydrogen) atoms. The number of carbonyl (C=O) groups excluding carboxylic acids is 1. The summed E-state index contributed by atoms with van der Waals surface area (Å²) < 4.78 is 0. The fraction of sp³-hybridized carbons (Fsp3) is 0.533. The van der Waals surface area contributed by atoms with Crippen LogP contribution >= 0.6 is 0 Å². The van der Waals surface area contributed by atoms with E-state index in [0.717, 1.165) is 25.7 Å². The third-order valence-corrected chi connectivity index (χ3v) is 4.07. The lowest BCUT2D eigenvalue weighted by molar-refractivity contribution is -0.126. The van der Waals surface area contributed by atoms with Gasteiger partial charge in [-0.1, -0.05) is 37.3 Å². The van der Waals surface area contributed by atoms with Gasteiger partial charge in [0, 0.05) is 6.54 Å². The van der Waals surface area contributed by atoms with Gasteiger partial charge in [0.1, 0.15) is 0 Å². The average molecular weight is 246 g/mol. The summed E-state index contributed by atoms with van der Waals surface area (Å²) in [4.78, 5) is 11.8. The van der Waals surface area contributed by atoms with E-state index in [-0.39, 0.29) is 5.91 Å². The van der Waals surface area contributed by atoms with Crippen molar-refractivity contribution in [3.63, 3.8) is 0 Å². The summed E-state index contributed by atoms with van der Waals surface area (Å²) >= 11 is 0. The van der Waals surface area contributed by atoms with Crippen molar-refractivity contribution in [2.45, 2.75) is 44.7 Å². The number of nitrogens with two attached hydrogens (primary N) is 1. The Morgan fingerprint density at radius 1 is 1.33 bits per heavy atom. The van der Waals surface area contributed by atoms with E-state index < -0.39 is 5.54 Å². The summed E-state index contributed by atoms with van der Waals surface area (Å²) in [6.07, 6.45) is 3.86. The Hall–Kier alpha value is -1.35. The van der Waals surface area contributed by atoms with Crippen LogP contribution in [0.3, 0.4) is 0 Å². The minimum atomic E-state index is -0.498. The lowest BCUT2D eigenvalue weighted by Crippen LogP contribution is -2.56. The monoisotopic (exact) mass is 246 g/mol. The molecule has 0 heterocycles. The van der Waals surface area contributed by atoms with Gasteiger partial charge in [0.2, 0.25) is 5.91 Å². The van der Waals surface area contributed by atoms with E-state index in [1.54, 1.807) is 0 Å². The Kier molecular flexibility index (Phi) is 4.02. The second kappa shape index (κ2) is 5.53. The molecule has 1 aliphatic carbocycles. The van der Waals surface area contributed by atoms with E-state index in [9.17, 15) is 4.79 Å². The molecule has 3 nitrogen and oxygen atoms in total. The van der Waals surface area contributed by atoms with Crippen LogP contribution < -0.4 is 11.1 Å². The van der Waals surface area contributed by atoms with Crippen molar-refractivity contribution >= 4 is 5.91 Å². The number of carbonyl (C=O) groups is 1. The van der Waals surface area contributed by atoms with Gasteiger partial charge >= 0.3 is 0 Å². The van der Waals surface area contributed by atoms with Crippen molar-refractivity contribution in [1.82, 2.24) is 5.32 Å². The minimum Gasteiger partial charge on any atom is -0.368 e. The van der Waals surface area contributed by atoms with Gasteiger partial charge in [-0.2, -0.15) is 0 Å². The molecule has 1 saturated carbocycles. The molecule has 1 aromatic rings. The van der Waals surface area contributed by atoms with Crippen molar-refractivity contribution in [3.05, 3.63) is 35.9 Å². The summed E-state index contributed by atoms with van der Waals surface area (Å²) in [6.45, 7) is 2.94. The van der Waals surface area contributed by atoms with Gasteiger partial charge in [-0.25, -0.2) is 0 Å². The highest BCUT2D eigenvalue weighted by molar-refractivity contribution is 5.84. The summed E-state index contributed by atoms with van der Waals surface area (Å²) in [7, 11) is 0. The molecule has 0 unspecified atom stereocenters. The maximum atomic E-state index is 11.8. The average Bonchev–Trinajstić information content (AvgIpc) is 2.39. The van der Waals surface area contributed by atoms with E-state index in [0.29, 0.717) is 12.5 Å². The molecule has 98 valence electrons. The molecule has 0 aromatic heterocycles. The van der Waals surface area contributed by atoms with Crippen LogP contribution in [-0.2, 0) is 11.3 Å². The van der Waals surface area contributed by atoms with Gasteiger partial charge in [-0.05, 0) is 37.2 Å². The molecule has 0 bridgehead atoms. The first-order chi connectivity index (χ1) is 8.62. The molecule has 0 saturated heterocycles. The smallest absolute Gasteiger partial charge is 0.237 e. The Morgan fingerprint density at radius 2 is 1.94 bits per heavy atom. The van der Waals surface area contributed by atoms with E-state index in [1.165, 1.54) is 5.56 Å². The highest BCUT2D eigenvalue weighted by Gasteiger charge is 2.38. The summed E-state index contributed by atoms with van der Waals surface area (Å²) in [5, 5.41) is 3.40. The molecule has 1 fully saturated rings. The van der Waals surface area contributed by atoms with Crippen LogP contribution in [0, 0.1) is 5.92 Å². The highest BCUT2D eigenvalue weighted by Crippen LogP contribution is 2.32. The molecule has 0 radical (unpaired) electrons. The van der Waals surface area contributed by atoms with Crippen molar-refractivity contribution in [1.29, 1.82) is 0 Å². The van der Waals surface area contributed by atoms with Crippen LogP contribution in [0.4, 0.5) is 0 Å². The van der Waals surface area contributed by atoms with E-state index >= 15 is 0 Å². The fourth-order valence-corrected chi connectivity index (χ4v) is 2.63. The largest absolute Gasteiger partial charge is 0.368 e. The molecule has 3 N–H and O–H groups in total. The summed E-state index contributed by atoms with van der Waals surface area (Å²) in [5.41, 5.74) is 6.30. The van der Waals surface area contributed by atoms with Gasteiger partial charge in [-0.15, -0.1) is 0 Å². The Morgan fingerprint density at radius 3 is 2.50 bits per heavy atom. The minimum absolute atomic E-state index is 0.203. The highest BCUT2D eigenvalue weighted by atomic mass is 16.1. The first-order valence-corrected chi connectivity index (χ1v) is 6.71. The predicted octanol–water partition coefficient (Wildman–Crippen LogP) is 2.21. The number of hydrogen-bond donors (Lipinski definition) is 2. The second-order valence-corrected chi connectivity index (χ2v) is 5.47. The predicted molar refractivity (Wildman–Crippen MR) is 72.8 cm³/mol. The molecule has 0 atom stereocenters. The lowest BCUT2D eigenvalue weighted by Gasteiger charge is -2.37. The SMILES string of the molecule is CC1CCC(NCc2ccccc2)(C(N)=O)CC1. The van der Waals surface area contributed by atoms with Gasteiger partial charge in [-0.3, -0.25) is 10.1 Å². The molecular weight excluding hydrogens is 224 g/mol. The number of rotatable bonds is 4. The molecule has 1 aliphatic rings. The zero-order valence-corrected chi connectivity index (χ0v) is 11.0. The van der Waals surface area contributed by atoms with Crippen molar-refractivity contribution in [2.24, 2.45) is 11.7 Å². The zero-order chi connectivity index (χ0) is 13.0. The standard InChI is InChI=1S/C15H22N2O/c1-12-7-9-15(10-8-12,14(16)18)17-11-13-5-3-2-4-6-13/h2-6,12,17H,7-11H2,1H3,(H2,16,18). The number of primary amides is 1. The van der Waals surface area contributed by atoms with Crippen LogP contribution in [0.1, 0.15) is 38.2 Å². The normalized spacial score (nSPS) is 27.9. The fourth-order valence-electron chi connectivity index (χ4n) is 2.63.